The van der Waals surface area contributed by atoms with Gasteiger partial charge in [-0.05, 0) is 52.5 Å². The fraction of sp³-hybridized carbons (Fsp3) is 0.500. The highest BCUT2D eigenvalue weighted by Gasteiger charge is 2.30. The zero-order valence-electron chi connectivity index (χ0n) is 24.1. The maximum atomic E-state index is 13.9. The second kappa shape index (κ2) is 10.8. The minimum atomic E-state index is -0.526. The number of ether oxygens (including phenoxy) is 2. The molecule has 41 heavy (non-hydrogen) atoms. The van der Waals surface area contributed by atoms with E-state index in [1.807, 2.05) is 56.5 Å². The second-order valence-electron chi connectivity index (χ2n) is 12.0. The van der Waals surface area contributed by atoms with Crippen molar-refractivity contribution in [3.05, 3.63) is 42.0 Å². The van der Waals surface area contributed by atoms with Gasteiger partial charge in [0, 0.05) is 49.7 Å². The van der Waals surface area contributed by atoms with Gasteiger partial charge in [-0.3, -0.25) is 14.3 Å². The molecule has 0 unspecified atom stereocenters. The van der Waals surface area contributed by atoms with E-state index in [0.29, 0.717) is 62.8 Å². The Bertz CT molecular complexity index is 1590. The molecular weight excluding hydrogens is 522 g/mol. The van der Waals surface area contributed by atoms with Crippen molar-refractivity contribution in [1.82, 2.24) is 29.5 Å². The van der Waals surface area contributed by atoms with Crippen LogP contribution >= 0.6 is 0 Å². The standard InChI is InChI=1S/C30H37N7O4/c1-19-26(25(38)16-20-8-10-36(11-9-20)29(39)41-30(2,3)4)37-18-24(21-6-5-7-23-22(21)17-31-34-23)33-27(28(37)32-19)35-12-14-40-15-13-35/h5-7,17-18,20H,8-16H2,1-4H3,(H,31,34). The molecule has 4 aromatic rings. The number of likely N-dealkylation sites (tertiary alicyclic amines) is 1. The normalized spacial score (nSPS) is 17.0. The second-order valence-corrected chi connectivity index (χ2v) is 12.0. The number of fused-ring (bicyclic) bond motifs is 2. The van der Waals surface area contributed by atoms with Gasteiger partial charge in [-0.25, -0.2) is 14.8 Å². The number of carbonyl (C=O) groups is 2. The van der Waals surface area contributed by atoms with Crippen LogP contribution in [0.25, 0.3) is 27.8 Å². The molecule has 11 nitrogen and oxygen atoms in total. The summed E-state index contributed by atoms with van der Waals surface area (Å²) in [5.74, 6) is 0.988. The van der Waals surface area contributed by atoms with E-state index in [0.717, 1.165) is 40.8 Å². The summed E-state index contributed by atoms with van der Waals surface area (Å²) in [5.41, 5.74) is 4.04. The van der Waals surface area contributed by atoms with Crippen LogP contribution in [0.15, 0.2) is 30.6 Å². The molecule has 0 saturated carbocycles. The molecule has 11 heteroatoms. The van der Waals surface area contributed by atoms with E-state index in [9.17, 15) is 9.59 Å². The number of hydrogen-bond donors (Lipinski definition) is 1. The number of anilines is 1. The zero-order chi connectivity index (χ0) is 28.7. The summed E-state index contributed by atoms with van der Waals surface area (Å²) < 4.78 is 13.1. The molecular formula is C30H37N7O4. The number of imidazole rings is 1. The number of aryl methyl sites for hydroxylation is 1. The summed E-state index contributed by atoms with van der Waals surface area (Å²) in [6.07, 6.45) is 5.37. The fourth-order valence-electron chi connectivity index (χ4n) is 5.79. The van der Waals surface area contributed by atoms with E-state index in [4.69, 9.17) is 19.4 Å². The molecule has 2 saturated heterocycles. The van der Waals surface area contributed by atoms with Gasteiger partial charge in [0.1, 0.15) is 11.3 Å². The number of benzene rings is 1. The lowest BCUT2D eigenvalue weighted by Gasteiger charge is -2.33. The summed E-state index contributed by atoms with van der Waals surface area (Å²) in [5, 5.41) is 8.23. The molecule has 5 heterocycles. The summed E-state index contributed by atoms with van der Waals surface area (Å²) in [7, 11) is 0. The van der Waals surface area contributed by atoms with Crippen molar-refractivity contribution in [1.29, 1.82) is 0 Å². The van der Waals surface area contributed by atoms with Gasteiger partial charge in [-0.15, -0.1) is 0 Å². The number of morpholine rings is 1. The van der Waals surface area contributed by atoms with Crippen molar-refractivity contribution in [2.45, 2.75) is 52.6 Å². The third-order valence-corrected chi connectivity index (χ3v) is 7.84. The van der Waals surface area contributed by atoms with Crippen LogP contribution in [0.3, 0.4) is 0 Å². The summed E-state index contributed by atoms with van der Waals surface area (Å²) >= 11 is 0. The van der Waals surface area contributed by atoms with Crippen molar-refractivity contribution in [2.24, 2.45) is 5.92 Å². The Morgan fingerprint density at radius 1 is 1.10 bits per heavy atom. The number of H-pyrrole nitrogens is 1. The number of ketones is 1. The molecule has 216 valence electrons. The molecule has 1 N–H and O–H groups in total. The first kappa shape index (κ1) is 27.2. The number of piperidine rings is 1. The van der Waals surface area contributed by atoms with Crippen LogP contribution in [-0.4, -0.2) is 86.3 Å². The van der Waals surface area contributed by atoms with E-state index in [2.05, 4.69) is 15.1 Å². The Morgan fingerprint density at radius 2 is 1.85 bits per heavy atom. The van der Waals surface area contributed by atoms with Crippen LogP contribution in [-0.2, 0) is 9.47 Å². The van der Waals surface area contributed by atoms with Crippen molar-refractivity contribution in [3.8, 4) is 11.3 Å². The third-order valence-electron chi connectivity index (χ3n) is 7.84. The Labute approximate surface area is 238 Å². The van der Waals surface area contributed by atoms with E-state index < -0.39 is 5.60 Å². The lowest BCUT2D eigenvalue weighted by atomic mass is 9.91. The minimum absolute atomic E-state index is 0.0531. The van der Waals surface area contributed by atoms with Gasteiger partial charge in [-0.2, -0.15) is 5.10 Å². The van der Waals surface area contributed by atoms with Crippen LogP contribution in [0.1, 0.15) is 56.2 Å². The summed E-state index contributed by atoms with van der Waals surface area (Å²) in [4.78, 5) is 40.3. The molecule has 2 aliphatic heterocycles. The predicted molar refractivity (Wildman–Crippen MR) is 155 cm³/mol. The monoisotopic (exact) mass is 559 g/mol. The number of nitrogens with one attached hydrogen (secondary N) is 1. The highest BCUT2D eigenvalue weighted by atomic mass is 16.6. The quantitative estimate of drug-likeness (QED) is 0.352. The molecule has 0 aliphatic carbocycles. The smallest absolute Gasteiger partial charge is 0.410 e. The van der Waals surface area contributed by atoms with Gasteiger partial charge in [0.2, 0.25) is 0 Å². The Morgan fingerprint density at radius 3 is 2.59 bits per heavy atom. The number of amides is 1. The van der Waals surface area contributed by atoms with Gasteiger partial charge in [0.15, 0.2) is 17.2 Å². The number of aromatic amines is 1. The highest BCUT2D eigenvalue weighted by Crippen LogP contribution is 2.32. The third kappa shape index (κ3) is 5.50. The van der Waals surface area contributed by atoms with Crippen LogP contribution < -0.4 is 4.90 Å². The van der Waals surface area contributed by atoms with E-state index >= 15 is 0 Å². The van der Waals surface area contributed by atoms with E-state index in [1.54, 1.807) is 11.1 Å². The van der Waals surface area contributed by atoms with Crippen molar-refractivity contribution >= 4 is 34.2 Å². The summed E-state index contributed by atoms with van der Waals surface area (Å²) in [6.45, 7) is 11.3. The van der Waals surface area contributed by atoms with E-state index in [1.165, 1.54) is 0 Å². The topological polar surface area (TPSA) is 118 Å². The highest BCUT2D eigenvalue weighted by molar-refractivity contribution is 5.98. The van der Waals surface area contributed by atoms with Gasteiger partial charge in [-0.1, -0.05) is 12.1 Å². The lowest BCUT2D eigenvalue weighted by Crippen LogP contribution is -2.42. The van der Waals surface area contributed by atoms with Crippen LogP contribution in [0.4, 0.5) is 10.6 Å². The number of hydrogen-bond acceptors (Lipinski definition) is 8. The first-order valence-electron chi connectivity index (χ1n) is 14.3. The largest absolute Gasteiger partial charge is 0.444 e. The molecule has 1 amide bonds. The van der Waals surface area contributed by atoms with Crippen LogP contribution in [0.5, 0.6) is 0 Å². The molecule has 1 aromatic carbocycles. The van der Waals surface area contributed by atoms with Crippen LogP contribution in [0, 0.1) is 12.8 Å². The maximum absolute atomic E-state index is 13.9. The average molecular weight is 560 g/mol. The van der Waals surface area contributed by atoms with Crippen molar-refractivity contribution in [2.75, 3.05) is 44.3 Å². The minimum Gasteiger partial charge on any atom is -0.444 e. The number of aromatic nitrogens is 5. The first-order chi connectivity index (χ1) is 19.7. The molecule has 6 rings (SSSR count). The van der Waals surface area contributed by atoms with Gasteiger partial charge in [0.25, 0.3) is 0 Å². The lowest BCUT2D eigenvalue weighted by molar-refractivity contribution is 0.0183. The number of carbonyl (C=O) groups excluding carboxylic acids is 2. The van der Waals surface area contributed by atoms with Crippen LogP contribution in [0.2, 0.25) is 0 Å². The Balaban J connectivity index is 1.31. The predicted octanol–water partition coefficient (Wildman–Crippen LogP) is 4.64. The molecule has 2 aliphatic rings. The SMILES string of the molecule is Cc1nc2c(N3CCOCC3)nc(-c3cccc4[nH]ncc34)cn2c1C(=O)CC1CCN(C(=O)OC(C)(C)C)CC1. The van der Waals surface area contributed by atoms with Crippen molar-refractivity contribution in [3.63, 3.8) is 0 Å². The molecule has 3 aromatic heterocycles. The first-order valence-corrected chi connectivity index (χ1v) is 14.3. The van der Waals surface area contributed by atoms with Gasteiger partial charge < -0.3 is 19.3 Å². The zero-order valence-corrected chi connectivity index (χ0v) is 24.1. The van der Waals surface area contributed by atoms with Gasteiger partial charge >= 0.3 is 6.09 Å². The number of nitrogens with zero attached hydrogens (tertiary/aromatic N) is 6. The van der Waals surface area contributed by atoms with E-state index in [-0.39, 0.29) is 17.8 Å². The fourth-order valence-corrected chi connectivity index (χ4v) is 5.79. The molecule has 0 atom stereocenters. The Kier molecular flexibility index (Phi) is 7.14. The molecule has 0 radical (unpaired) electrons. The van der Waals surface area contributed by atoms with Crippen molar-refractivity contribution < 1.29 is 19.1 Å². The molecule has 0 spiro atoms. The number of Topliss-reactive ketones (excluding diaryl/α,β-unsaturated/α-hetero) is 1. The van der Waals surface area contributed by atoms with Gasteiger partial charge in [0.05, 0.1) is 36.3 Å². The number of rotatable bonds is 5. The average Bonchev–Trinajstić information content (AvgIpc) is 3.56. The maximum Gasteiger partial charge on any atom is 0.410 e. The molecule has 0 bridgehead atoms. The Hall–Kier alpha value is -3.99. The summed E-state index contributed by atoms with van der Waals surface area (Å²) in [6, 6.07) is 5.99. The molecule has 2 fully saturated rings.